The van der Waals surface area contributed by atoms with Crippen molar-refractivity contribution >= 4 is 12.0 Å². The molecule has 0 fully saturated rings. The van der Waals surface area contributed by atoms with Gasteiger partial charge >= 0.3 is 5.97 Å². The Balaban J connectivity index is 0.00000441. The molecule has 22 heavy (non-hydrogen) atoms. The van der Waals surface area contributed by atoms with Gasteiger partial charge in [0, 0.05) is 0 Å². The molecule has 0 heterocycles. The average Bonchev–Trinajstić information content (AvgIpc) is 2.52. The highest BCUT2D eigenvalue weighted by atomic mass is 16.6. The van der Waals surface area contributed by atoms with Crippen LogP contribution in [-0.2, 0) is 14.3 Å². The van der Waals surface area contributed by atoms with Crippen molar-refractivity contribution in [2.75, 3.05) is 13.7 Å². The number of benzene rings is 1. The van der Waals surface area contributed by atoms with Crippen molar-refractivity contribution < 1.29 is 14.3 Å². The molecule has 0 amide bonds. The second-order valence-electron chi connectivity index (χ2n) is 5.03. The van der Waals surface area contributed by atoms with E-state index in [-0.39, 0.29) is 13.2 Å². The highest BCUT2D eigenvalue weighted by molar-refractivity contribution is 5.91. The zero-order valence-corrected chi connectivity index (χ0v) is 13.1. The number of rotatable bonds is 10. The summed E-state index contributed by atoms with van der Waals surface area (Å²) >= 11 is 0. The molecule has 0 unspecified atom stereocenters. The molecule has 0 radical (unpaired) electrons. The van der Waals surface area contributed by atoms with Gasteiger partial charge in [0.05, 0.1) is 13.7 Å². The Hall–Kier alpha value is -1.77. The molecular formula is C19H30O3. The van der Waals surface area contributed by atoms with Crippen LogP contribution in [0.1, 0.15) is 58.4 Å². The van der Waals surface area contributed by atoms with Crippen molar-refractivity contribution in [3.8, 4) is 0 Å². The molecule has 0 aromatic heterocycles. The summed E-state index contributed by atoms with van der Waals surface area (Å²) in [7, 11) is 1.49. The fourth-order valence-electron chi connectivity index (χ4n) is 2.02. The van der Waals surface area contributed by atoms with Crippen molar-refractivity contribution in [3.05, 3.63) is 41.7 Å². The molecule has 0 N–H and O–H groups in total. The van der Waals surface area contributed by atoms with E-state index in [9.17, 15) is 4.79 Å². The second kappa shape index (κ2) is 12.9. The third-order valence-electron chi connectivity index (χ3n) is 3.25. The van der Waals surface area contributed by atoms with Crippen LogP contribution >= 0.6 is 0 Å². The minimum Gasteiger partial charge on any atom is -0.490 e. The fraction of sp³-hybridized carbons (Fsp3) is 0.526. The molecule has 0 saturated heterocycles. The van der Waals surface area contributed by atoms with Crippen LogP contribution in [0.5, 0.6) is 0 Å². The van der Waals surface area contributed by atoms with Gasteiger partial charge in [-0.3, -0.25) is 0 Å². The Morgan fingerprint density at radius 2 is 1.68 bits per heavy atom. The molecule has 1 aromatic carbocycles. The standard InChI is InChI=1S/C18H26O3.CH4/c1-3-4-5-6-7-11-14-21-18(19)17(20-2)15-16-12-9-8-10-13-16;/h8-10,12-13,15H,3-7,11,14H2,1-2H3;1H4/b17-15-;. The first-order valence-corrected chi connectivity index (χ1v) is 7.75. The van der Waals surface area contributed by atoms with E-state index >= 15 is 0 Å². The maximum absolute atomic E-state index is 11.9. The predicted molar refractivity (Wildman–Crippen MR) is 92.5 cm³/mol. The highest BCUT2D eigenvalue weighted by Gasteiger charge is 2.11. The number of carbonyl (C=O) groups excluding carboxylic acids is 1. The van der Waals surface area contributed by atoms with Gasteiger partial charge in [0.2, 0.25) is 5.76 Å². The van der Waals surface area contributed by atoms with Gasteiger partial charge in [-0.05, 0) is 18.1 Å². The SMILES string of the molecule is C.CCCCCCCCOC(=O)/C(=C/c1ccccc1)OC. The van der Waals surface area contributed by atoms with Gasteiger partial charge in [-0.15, -0.1) is 0 Å². The van der Waals surface area contributed by atoms with Gasteiger partial charge < -0.3 is 9.47 Å². The lowest BCUT2D eigenvalue weighted by molar-refractivity contribution is -0.142. The smallest absolute Gasteiger partial charge is 0.373 e. The molecule has 0 saturated carbocycles. The molecular weight excluding hydrogens is 276 g/mol. The van der Waals surface area contributed by atoms with Crippen molar-refractivity contribution in [1.29, 1.82) is 0 Å². The Labute approximate surface area is 135 Å². The summed E-state index contributed by atoms with van der Waals surface area (Å²) in [4.78, 5) is 11.9. The van der Waals surface area contributed by atoms with Gasteiger partial charge in [0.15, 0.2) is 0 Å². The summed E-state index contributed by atoms with van der Waals surface area (Å²) in [6, 6.07) is 9.60. The summed E-state index contributed by atoms with van der Waals surface area (Å²) in [5.41, 5.74) is 0.922. The van der Waals surface area contributed by atoms with Crippen LogP contribution in [0.25, 0.3) is 6.08 Å². The minimum absolute atomic E-state index is 0. The van der Waals surface area contributed by atoms with Crippen molar-refractivity contribution in [3.63, 3.8) is 0 Å². The quantitative estimate of drug-likeness (QED) is 0.257. The zero-order valence-electron chi connectivity index (χ0n) is 13.1. The van der Waals surface area contributed by atoms with E-state index in [1.54, 1.807) is 6.08 Å². The van der Waals surface area contributed by atoms with E-state index in [1.165, 1.54) is 32.8 Å². The number of ether oxygens (including phenoxy) is 2. The van der Waals surface area contributed by atoms with E-state index in [4.69, 9.17) is 9.47 Å². The molecule has 0 aliphatic carbocycles. The average molecular weight is 306 g/mol. The van der Waals surface area contributed by atoms with Crippen LogP contribution in [0.15, 0.2) is 36.1 Å². The maximum atomic E-state index is 11.9. The molecule has 0 bridgehead atoms. The van der Waals surface area contributed by atoms with Crippen molar-refractivity contribution in [2.24, 2.45) is 0 Å². The topological polar surface area (TPSA) is 35.5 Å². The lowest BCUT2D eigenvalue weighted by Crippen LogP contribution is -2.10. The molecule has 1 aromatic rings. The summed E-state index contributed by atoms with van der Waals surface area (Å²) in [6.45, 7) is 2.66. The van der Waals surface area contributed by atoms with Gasteiger partial charge in [-0.2, -0.15) is 0 Å². The van der Waals surface area contributed by atoms with Gasteiger partial charge in [0.1, 0.15) is 0 Å². The van der Waals surface area contributed by atoms with Gasteiger partial charge in [0.25, 0.3) is 0 Å². The summed E-state index contributed by atoms with van der Waals surface area (Å²) in [5, 5.41) is 0. The summed E-state index contributed by atoms with van der Waals surface area (Å²) in [6.07, 6.45) is 8.73. The third kappa shape index (κ3) is 8.50. The van der Waals surface area contributed by atoms with E-state index < -0.39 is 5.97 Å². The lowest BCUT2D eigenvalue weighted by atomic mass is 10.1. The Morgan fingerprint density at radius 1 is 1.05 bits per heavy atom. The highest BCUT2D eigenvalue weighted by Crippen LogP contribution is 2.10. The first kappa shape index (κ1) is 20.2. The summed E-state index contributed by atoms with van der Waals surface area (Å²) in [5.74, 6) is -0.151. The molecule has 3 heteroatoms. The number of hydrogen-bond donors (Lipinski definition) is 0. The number of hydrogen-bond acceptors (Lipinski definition) is 3. The van der Waals surface area contributed by atoms with Gasteiger partial charge in [-0.1, -0.05) is 76.8 Å². The molecule has 0 spiro atoms. The first-order chi connectivity index (χ1) is 10.3. The number of carbonyl (C=O) groups is 1. The van der Waals surface area contributed by atoms with E-state index in [1.807, 2.05) is 30.3 Å². The van der Waals surface area contributed by atoms with Crippen LogP contribution in [0.2, 0.25) is 0 Å². The lowest BCUT2D eigenvalue weighted by Gasteiger charge is -2.07. The Kier molecular flexibility index (Phi) is 11.9. The predicted octanol–water partition coefficient (Wildman–Crippen LogP) is 5.21. The van der Waals surface area contributed by atoms with Crippen LogP contribution in [0.4, 0.5) is 0 Å². The molecule has 0 aliphatic rings. The van der Waals surface area contributed by atoms with E-state index in [0.717, 1.165) is 18.4 Å². The molecule has 1 rings (SSSR count). The molecule has 124 valence electrons. The molecule has 0 aliphatic heterocycles. The van der Waals surface area contributed by atoms with Crippen molar-refractivity contribution in [1.82, 2.24) is 0 Å². The number of methoxy groups -OCH3 is 1. The second-order valence-corrected chi connectivity index (χ2v) is 5.03. The maximum Gasteiger partial charge on any atom is 0.373 e. The van der Waals surface area contributed by atoms with Gasteiger partial charge in [-0.25, -0.2) is 4.79 Å². The third-order valence-corrected chi connectivity index (χ3v) is 3.25. The normalized spacial score (nSPS) is 10.7. The van der Waals surface area contributed by atoms with Crippen LogP contribution in [-0.4, -0.2) is 19.7 Å². The van der Waals surface area contributed by atoms with Crippen LogP contribution in [0.3, 0.4) is 0 Å². The Morgan fingerprint density at radius 3 is 2.32 bits per heavy atom. The zero-order chi connectivity index (χ0) is 15.3. The van der Waals surface area contributed by atoms with E-state index in [2.05, 4.69) is 6.92 Å². The van der Waals surface area contributed by atoms with Crippen LogP contribution < -0.4 is 0 Å². The minimum atomic E-state index is -0.394. The van der Waals surface area contributed by atoms with E-state index in [0.29, 0.717) is 6.61 Å². The number of esters is 1. The molecule has 0 atom stereocenters. The Bertz CT molecular complexity index is 424. The molecule has 3 nitrogen and oxygen atoms in total. The largest absolute Gasteiger partial charge is 0.490 e. The fourth-order valence-corrected chi connectivity index (χ4v) is 2.02. The monoisotopic (exact) mass is 306 g/mol. The van der Waals surface area contributed by atoms with Crippen LogP contribution in [0, 0.1) is 0 Å². The number of unbranched alkanes of at least 4 members (excludes halogenated alkanes) is 5. The van der Waals surface area contributed by atoms with Crippen molar-refractivity contribution in [2.45, 2.75) is 52.9 Å². The first-order valence-electron chi connectivity index (χ1n) is 7.75. The summed E-state index contributed by atoms with van der Waals surface area (Å²) < 4.78 is 10.4.